The zero-order valence-corrected chi connectivity index (χ0v) is 20.7. The number of ether oxygens (including phenoxy) is 2. The van der Waals surface area contributed by atoms with E-state index in [1.54, 1.807) is 43.1 Å². The van der Waals surface area contributed by atoms with Gasteiger partial charge >= 0.3 is 0 Å². The number of hydrogen-bond acceptors (Lipinski definition) is 7. The summed E-state index contributed by atoms with van der Waals surface area (Å²) in [7, 11) is 3.10. The molecule has 1 aromatic heterocycles. The Morgan fingerprint density at radius 1 is 1.11 bits per heavy atom. The summed E-state index contributed by atoms with van der Waals surface area (Å²) in [4.78, 5) is 24.6. The van der Waals surface area contributed by atoms with Gasteiger partial charge in [0.1, 0.15) is 5.82 Å². The molecule has 36 heavy (non-hydrogen) atoms. The highest BCUT2D eigenvalue weighted by atomic mass is 32.2. The monoisotopic (exact) mass is 511 g/mol. The maximum Gasteiger partial charge on any atom is 0.244 e. The molecule has 0 saturated heterocycles. The molecular formula is C25H26FN5O4S. The minimum absolute atomic E-state index is 0.0765. The van der Waals surface area contributed by atoms with Crippen LogP contribution in [0.5, 0.6) is 11.5 Å². The number of amides is 2. The molecule has 0 saturated carbocycles. The Bertz CT molecular complexity index is 1240. The first kappa shape index (κ1) is 26.5. The molecule has 0 unspecified atom stereocenters. The van der Waals surface area contributed by atoms with E-state index in [1.807, 2.05) is 6.07 Å². The second-order valence-electron chi connectivity index (χ2n) is 7.31. The Labute approximate surface area is 212 Å². The van der Waals surface area contributed by atoms with E-state index < -0.39 is 0 Å². The van der Waals surface area contributed by atoms with Crippen LogP contribution in [-0.4, -0.2) is 46.6 Å². The Kier molecular flexibility index (Phi) is 9.64. The van der Waals surface area contributed by atoms with Gasteiger partial charge in [-0.25, -0.2) is 4.39 Å². The minimum atomic E-state index is -0.379. The SMILES string of the molecule is C=CCn1c(CNC(=O)C=Cc2ccc(OC)c(OC)c2)nnc1SCC(=O)Nc1ccc(F)cc1. The van der Waals surface area contributed by atoms with Gasteiger partial charge in [-0.2, -0.15) is 0 Å². The first-order valence-corrected chi connectivity index (χ1v) is 11.8. The third-order valence-corrected chi connectivity index (χ3v) is 5.79. The lowest BCUT2D eigenvalue weighted by Gasteiger charge is -2.09. The molecule has 188 valence electrons. The molecule has 0 bridgehead atoms. The Morgan fingerprint density at radius 3 is 2.56 bits per heavy atom. The molecule has 0 fully saturated rings. The molecule has 0 aliphatic rings. The maximum absolute atomic E-state index is 13.0. The van der Waals surface area contributed by atoms with E-state index >= 15 is 0 Å². The number of thioether (sulfide) groups is 1. The van der Waals surface area contributed by atoms with Crippen molar-refractivity contribution in [2.24, 2.45) is 0 Å². The van der Waals surface area contributed by atoms with Crippen molar-refractivity contribution < 1.29 is 23.5 Å². The fourth-order valence-corrected chi connectivity index (χ4v) is 3.85. The lowest BCUT2D eigenvalue weighted by molar-refractivity contribution is -0.116. The first-order valence-electron chi connectivity index (χ1n) is 10.8. The van der Waals surface area contributed by atoms with Crippen molar-refractivity contribution in [3.63, 3.8) is 0 Å². The highest BCUT2D eigenvalue weighted by Crippen LogP contribution is 2.28. The summed E-state index contributed by atoms with van der Waals surface area (Å²) in [6, 6.07) is 10.8. The zero-order valence-electron chi connectivity index (χ0n) is 19.9. The van der Waals surface area contributed by atoms with Gasteiger partial charge in [-0.3, -0.25) is 9.59 Å². The second-order valence-corrected chi connectivity index (χ2v) is 8.25. The predicted octanol–water partition coefficient (Wildman–Crippen LogP) is 3.68. The molecule has 9 nitrogen and oxygen atoms in total. The van der Waals surface area contributed by atoms with Crippen molar-refractivity contribution >= 4 is 35.3 Å². The van der Waals surface area contributed by atoms with Crippen molar-refractivity contribution in [1.29, 1.82) is 0 Å². The molecule has 2 N–H and O–H groups in total. The summed E-state index contributed by atoms with van der Waals surface area (Å²) in [5.74, 6) is 0.796. The normalized spacial score (nSPS) is 10.8. The number of aromatic nitrogens is 3. The molecule has 11 heteroatoms. The molecule has 0 aliphatic carbocycles. The summed E-state index contributed by atoms with van der Waals surface area (Å²) in [6.45, 7) is 4.29. The maximum atomic E-state index is 13.0. The van der Waals surface area contributed by atoms with E-state index in [2.05, 4.69) is 27.4 Å². The zero-order chi connectivity index (χ0) is 25.9. The summed E-state index contributed by atoms with van der Waals surface area (Å²) in [6.07, 6.45) is 4.74. The first-order chi connectivity index (χ1) is 17.4. The number of carbonyl (C=O) groups excluding carboxylic acids is 2. The van der Waals surface area contributed by atoms with Crippen LogP contribution in [0, 0.1) is 5.82 Å². The molecule has 1 heterocycles. The second kappa shape index (κ2) is 13.1. The van der Waals surface area contributed by atoms with Gasteiger partial charge in [-0.05, 0) is 48.0 Å². The van der Waals surface area contributed by atoms with Crippen LogP contribution in [0.4, 0.5) is 10.1 Å². The van der Waals surface area contributed by atoms with Gasteiger partial charge in [0.15, 0.2) is 22.5 Å². The van der Waals surface area contributed by atoms with Crippen LogP contribution >= 0.6 is 11.8 Å². The van der Waals surface area contributed by atoms with Crippen molar-refractivity contribution in [2.45, 2.75) is 18.2 Å². The van der Waals surface area contributed by atoms with E-state index in [9.17, 15) is 14.0 Å². The lowest BCUT2D eigenvalue weighted by Crippen LogP contribution is -2.23. The Morgan fingerprint density at radius 2 is 1.86 bits per heavy atom. The molecule has 3 rings (SSSR count). The fraction of sp³-hybridized carbons (Fsp3) is 0.200. The van der Waals surface area contributed by atoms with Crippen LogP contribution < -0.4 is 20.1 Å². The number of allylic oxidation sites excluding steroid dienone is 1. The standard InChI is InChI=1S/C25H26FN5O4S/c1-4-13-31-22(15-27-23(32)12-6-17-5-11-20(34-2)21(14-17)35-3)29-30-25(31)36-16-24(33)28-19-9-7-18(26)8-10-19/h4-12,14H,1,13,15-16H2,2-3H3,(H,27,32)(H,28,33). The summed E-state index contributed by atoms with van der Waals surface area (Å²) >= 11 is 1.19. The minimum Gasteiger partial charge on any atom is -0.493 e. The molecule has 0 radical (unpaired) electrons. The van der Waals surface area contributed by atoms with Gasteiger partial charge < -0.3 is 24.7 Å². The van der Waals surface area contributed by atoms with Gasteiger partial charge in [-0.1, -0.05) is 23.9 Å². The van der Waals surface area contributed by atoms with Gasteiger partial charge in [0.05, 0.1) is 26.5 Å². The van der Waals surface area contributed by atoms with Crippen molar-refractivity contribution in [2.75, 3.05) is 25.3 Å². The van der Waals surface area contributed by atoms with E-state index in [-0.39, 0.29) is 29.9 Å². The Hall–Kier alpha value is -4.12. The highest BCUT2D eigenvalue weighted by molar-refractivity contribution is 7.99. The van der Waals surface area contributed by atoms with Crippen molar-refractivity contribution in [3.8, 4) is 11.5 Å². The van der Waals surface area contributed by atoms with Crippen LogP contribution in [0.25, 0.3) is 6.08 Å². The average Bonchev–Trinajstić information content (AvgIpc) is 3.27. The summed E-state index contributed by atoms with van der Waals surface area (Å²) < 4.78 is 25.3. The number of halogens is 1. The van der Waals surface area contributed by atoms with Crippen LogP contribution in [-0.2, 0) is 22.7 Å². The number of anilines is 1. The number of benzene rings is 2. The third kappa shape index (κ3) is 7.44. The highest BCUT2D eigenvalue weighted by Gasteiger charge is 2.14. The number of rotatable bonds is 12. The van der Waals surface area contributed by atoms with E-state index in [4.69, 9.17) is 9.47 Å². The number of hydrogen-bond donors (Lipinski definition) is 2. The molecule has 2 aromatic carbocycles. The molecule has 0 atom stereocenters. The summed E-state index contributed by atoms with van der Waals surface area (Å²) in [5, 5.41) is 14.3. The van der Waals surface area contributed by atoms with Crippen molar-refractivity contribution in [3.05, 3.63) is 78.4 Å². The summed E-state index contributed by atoms with van der Waals surface area (Å²) in [5.41, 5.74) is 1.27. The largest absolute Gasteiger partial charge is 0.493 e. The number of carbonyl (C=O) groups is 2. The van der Waals surface area contributed by atoms with E-state index in [1.165, 1.54) is 42.1 Å². The average molecular weight is 512 g/mol. The fourth-order valence-electron chi connectivity index (χ4n) is 3.08. The molecular weight excluding hydrogens is 485 g/mol. The molecule has 0 spiro atoms. The number of methoxy groups -OCH3 is 2. The lowest BCUT2D eigenvalue weighted by atomic mass is 10.2. The number of nitrogens with one attached hydrogen (secondary N) is 2. The quantitative estimate of drug-likeness (QED) is 0.217. The predicted molar refractivity (Wildman–Crippen MR) is 136 cm³/mol. The molecule has 0 aliphatic heterocycles. The van der Waals surface area contributed by atoms with Crippen LogP contribution in [0.15, 0.2) is 66.4 Å². The third-order valence-electron chi connectivity index (χ3n) is 4.82. The van der Waals surface area contributed by atoms with E-state index in [0.29, 0.717) is 34.7 Å². The number of nitrogens with zero attached hydrogens (tertiary/aromatic N) is 3. The van der Waals surface area contributed by atoms with Gasteiger partial charge in [0, 0.05) is 18.3 Å². The van der Waals surface area contributed by atoms with Crippen molar-refractivity contribution in [1.82, 2.24) is 20.1 Å². The van der Waals surface area contributed by atoms with Gasteiger partial charge in [0.25, 0.3) is 0 Å². The Balaban J connectivity index is 1.56. The van der Waals surface area contributed by atoms with E-state index in [0.717, 1.165) is 5.56 Å². The van der Waals surface area contributed by atoms with Crippen LogP contribution in [0.1, 0.15) is 11.4 Å². The smallest absolute Gasteiger partial charge is 0.244 e. The van der Waals surface area contributed by atoms with Gasteiger partial charge in [-0.15, -0.1) is 16.8 Å². The van der Waals surface area contributed by atoms with Crippen LogP contribution in [0.3, 0.4) is 0 Å². The molecule has 2 amide bonds. The van der Waals surface area contributed by atoms with Gasteiger partial charge in [0.2, 0.25) is 11.8 Å². The van der Waals surface area contributed by atoms with Crippen LogP contribution in [0.2, 0.25) is 0 Å². The topological polar surface area (TPSA) is 107 Å². The molecule has 3 aromatic rings.